The molecule has 1 aromatic heterocycles. The summed E-state index contributed by atoms with van der Waals surface area (Å²) in [4.78, 5) is 27.1. The first-order valence-corrected chi connectivity index (χ1v) is 8.09. The Hall–Kier alpha value is -3.00. The van der Waals surface area contributed by atoms with Crippen LogP contribution in [-0.4, -0.2) is 42.2 Å². The summed E-state index contributed by atoms with van der Waals surface area (Å²) < 4.78 is 25.0. The molecule has 136 valence electrons. The Bertz CT molecular complexity index is 797. The number of hydrogen-bond acceptors (Lipinski definition) is 5. The molecule has 2 amide bonds. The van der Waals surface area contributed by atoms with Gasteiger partial charge in [0.1, 0.15) is 11.9 Å². The highest BCUT2D eigenvalue weighted by atomic mass is 19.1. The summed E-state index contributed by atoms with van der Waals surface area (Å²) in [6.07, 6.45) is 2.43. The number of nitrogens with zero attached hydrogens (tertiary/aromatic N) is 1. The maximum atomic E-state index is 13.7. The lowest BCUT2D eigenvalue weighted by molar-refractivity contribution is -0.0135. The molecular formula is C18H18FN3O4. The molecule has 8 heteroatoms. The van der Waals surface area contributed by atoms with Crippen molar-refractivity contribution >= 4 is 11.8 Å². The van der Waals surface area contributed by atoms with Gasteiger partial charge in [-0.3, -0.25) is 14.6 Å². The van der Waals surface area contributed by atoms with Gasteiger partial charge in [0.05, 0.1) is 24.4 Å². The fourth-order valence-corrected chi connectivity index (χ4v) is 2.67. The van der Waals surface area contributed by atoms with Crippen molar-refractivity contribution in [3.05, 3.63) is 59.7 Å². The fraction of sp³-hybridized carbons (Fsp3) is 0.278. The summed E-state index contributed by atoms with van der Waals surface area (Å²) in [6.45, 7) is 0.742. The average molecular weight is 359 g/mol. The van der Waals surface area contributed by atoms with Crippen molar-refractivity contribution in [1.82, 2.24) is 10.3 Å². The topological polar surface area (TPSA) is 104 Å². The number of aromatic nitrogens is 1. The number of rotatable bonds is 5. The van der Waals surface area contributed by atoms with Gasteiger partial charge in [0, 0.05) is 18.4 Å². The Morgan fingerprint density at radius 2 is 2.04 bits per heavy atom. The molecule has 7 nitrogen and oxygen atoms in total. The monoisotopic (exact) mass is 359 g/mol. The zero-order valence-electron chi connectivity index (χ0n) is 13.9. The molecule has 0 aliphatic carbocycles. The molecule has 1 saturated heterocycles. The molecule has 2 atom stereocenters. The summed E-state index contributed by atoms with van der Waals surface area (Å²) in [5, 5.41) is 2.79. The van der Waals surface area contributed by atoms with Crippen LogP contribution < -0.4 is 15.8 Å². The van der Waals surface area contributed by atoms with Crippen LogP contribution in [0.5, 0.6) is 5.75 Å². The number of pyridine rings is 1. The fourth-order valence-electron chi connectivity index (χ4n) is 2.67. The van der Waals surface area contributed by atoms with Gasteiger partial charge in [-0.1, -0.05) is 0 Å². The highest BCUT2D eigenvalue weighted by Gasteiger charge is 2.30. The third-order valence-electron chi connectivity index (χ3n) is 4.06. The summed E-state index contributed by atoms with van der Waals surface area (Å²) in [5.74, 6) is -1.23. The second-order valence-corrected chi connectivity index (χ2v) is 5.84. The van der Waals surface area contributed by atoms with E-state index in [0.29, 0.717) is 24.3 Å². The van der Waals surface area contributed by atoms with E-state index in [0.717, 1.165) is 6.20 Å². The smallest absolute Gasteiger partial charge is 0.254 e. The van der Waals surface area contributed by atoms with Crippen LogP contribution in [0.3, 0.4) is 0 Å². The Morgan fingerprint density at radius 3 is 2.73 bits per heavy atom. The van der Waals surface area contributed by atoms with Gasteiger partial charge < -0.3 is 20.5 Å². The van der Waals surface area contributed by atoms with Crippen LogP contribution >= 0.6 is 0 Å². The number of primary amides is 1. The molecule has 2 aromatic rings. The Morgan fingerprint density at radius 1 is 1.27 bits per heavy atom. The van der Waals surface area contributed by atoms with Crippen LogP contribution in [0.25, 0.3) is 0 Å². The Labute approximate surface area is 149 Å². The zero-order valence-corrected chi connectivity index (χ0v) is 13.9. The lowest BCUT2D eigenvalue weighted by Crippen LogP contribution is -2.51. The maximum Gasteiger partial charge on any atom is 0.254 e. The van der Waals surface area contributed by atoms with Crippen LogP contribution in [0.2, 0.25) is 0 Å². The molecule has 0 bridgehead atoms. The van der Waals surface area contributed by atoms with Crippen molar-refractivity contribution in [2.75, 3.05) is 13.2 Å². The van der Waals surface area contributed by atoms with E-state index in [1.807, 2.05) is 0 Å². The third kappa shape index (κ3) is 4.15. The van der Waals surface area contributed by atoms with E-state index in [-0.39, 0.29) is 18.2 Å². The van der Waals surface area contributed by atoms with Gasteiger partial charge >= 0.3 is 0 Å². The molecule has 3 N–H and O–H groups in total. The summed E-state index contributed by atoms with van der Waals surface area (Å²) in [5.41, 5.74) is 5.51. The van der Waals surface area contributed by atoms with Crippen molar-refractivity contribution in [2.24, 2.45) is 5.73 Å². The number of halogens is 1. The van der Waals surface area contributed by atoms with Crippen LogP contribution in [0, 0.1) is 5.82 Å². The molecule has 0 spiro atoms. The van der Waals surface area contributed by atoms with E-state index in [1.54, 1.807) is 24.3 Å². The van der Waals surface area contributed by atoms with E-state index in [1.165, 1.54) is 12.3 Å². The van der Waals surface area contributed by atoms with Crippen LogP contribution in [0.15, 0.2) is 42.7 Å². The number of amides is 2. The molecule has 2 heterocycles. The van der Waals surface area contributed by atoms with Gasteiger partial charge in [-0.2, -0.15) is 0 Å². The summed E-state index contributed by atoms with van der Waals surface area (Å²) >= 11 is 0. The maximum absolute atomic E-state index is 13.7. The molecule has 0 saturated carbocycles. The van der Waals surface area contributed by atoms with Gasteiger partial charge in [0.15, 0.2) is 5.82 Å². The Kier molecular flexibility index (Phi) is 5.43. The number of nitrogens with one attached hydrogen (secondary N) is 1. The summed E-state index contributed by atoms with van der Waals surface area (Å²) in [6, 6.07) is 7.33. The number of carbonyl (C=O) groups is 2. The number of hydrogen-bond donors (Lipinski definition) is 2. The minimum Gasteiger partial charge on any atom is -0.486 e. The van der Waals surface area contributed by atoms with E-state index >= 15 is 0 Å². The van der Waals surface area contributed by atoms with Gasteiger partial charge in [0.25, 0.3) is 5.91 Å². The highest BCUT2D eigenvalue weighted by Crippen LogP contribution is 2.19. The predicted octanol–water partition coefficient (Wildman–Crippen LogP) is 1.29. The second-order valence-electron chi connectivity index (χ2n) is 5.84. The number of benzene rings is 1. The van der Waals surface area contributed by atoms with E-state index in [4.69, 9.17) is 15.2 Å². The predicted molar refractivity (Wildman–Crippen MR) is 90.3 cm³/mol. The molecule has 26 heavy (non-hydrogen) atoms. The minimum atomic E-state index is -0.684. The molecule has 1 fully saturated rings. The van der Waals surface area contributed by atoms with Gasteiger partial charge in [-0.25, -0.2) is 4.39 Å². The van der Waals surface area contributed by atoms with Crippen molar-refractivity contribution in [2.45, 2.75) is 18.6 Å². The molecule has 3 rings (SSSR count). The van der Waals surface area contributed by atoms with Crippen molar-refractivity contribution < 1.29 is 23.5 Å². The first-order chi connectivity index (χ1) is 12.5. The second kappa shape index (κ2) is 7.92. The average Bonchev–Trinajstić information content (AvgIpc) is 2.64. The first kappa shape index (κ1) is 17.8. The molecule has 0 radical (unpaired) electrons. The van der Waals surface area contributed by atoms with E-state index < -0.39 is 23.7 Å². The van der Waals surface area contributed by atoms with Crippen LogP contribution in [0.4, 0.5) is 4.39 Å². The number of nitrogens with two attached hydrogens (primary N) is 1. The lowest BCUT2D eigenvalue weighted by atomic mass is 10.0. The summed E-state index contributed by atoms with van der Waals surface area (Å²) in [7, 11) is 0. The highest BCUT2D eigenvalue weighted by molar-refractivity contribution is 5.94. The molecule has 1 aromatic carbocycles. The normalized spacial score (nSPS) is 19.6. The van der Waals surface area contributed by atoms with Crippen LogP contribution in [-0.2, 0) is 4.74 Å². The zero-order chi connectivity index (χ0) is 18.5. The number of ether oxygens (including phenoxy) is 2. The van der Waals surface area contributed by atoms with Crippen LogP contribution in [0.1, 0.15) is 27.1 Å². The largest absolute Gasteiger partial charge is 0.486 e. The SMILES string of the molecule is NC(=O)c1ccc(O[C@@H]2COCC[C@H]2NC(=O)c2ccncc2F)cc1. The molecule has 1 aliphatic heterocycles. The quantitative estimate of drug-likeness (QED) is 0.837. The van der Waals surface area contributed by atoms with Gasteiger partial charge in [-0.15, -0.1) is 0 Å². The lowest BCUT2D eigenvalue weighted by Gasteiger charge is -2.32. The molecule has 1 aliphatic rings. The van der Waals surface area contributed by atoms with Crippen molar-refractivity contribution in [3.63, 3.8) is 0 Å². The minimum absolute atomic E-state index is 0.0731. The first-order valence-electron chi connectivity index (χ1n) is 8.09. The molecular weight excluding hydrogens is 341 g/mol. The van der Waals surface area contributed by atoms with Crippen molar-refractivity contribution in [3.8, 4) is 5.75 Å². The third-order valence-corrected chi connectivity index (χ3v) is 4.06. The van der Waals surface area contributed by atoms with Gasteiger partial charge in [-0.05, 0) is 36.8 Å². The Balaban J connectivity index is 1.68. The van der Waals surface area contributed by atoms with Gasteiger partial charge in [0.2, 0.25) is 5.91 Å². The molecule has 0 unspecified atom stereocenters. The van der Waals surface area contributed by atoms with E-state index in [2.05, 4.69) is 10.3 Å². The van der Waals surface area contributed by atoms with E-state index in [9.17, 15) is 14.0 Å². The van der Waals surface area contributed by atoms with Crippen molar-refractivity contribution in [1.29, 1.82) is 0 Å². The number of carbonyl (C=O) groups excluding carboxylic acids is 2. The standard InChI is InChI=1S/C18H18FN3O4/c19-14-9-21-7-5-13(14)18(24)22-15-6-8-25-10-16(15)26-12-3-1-11(2-4-12)17(20)23/h1-5,7,9,15-16H,6,8,10H2,(H2,20,23)(H,22,24)/t15-,16-/m1/s1.